The molecular weight excluding hydrogens is 388 g/mol. The van der Waals surface area contributed by atoms with Gasteiger partial charge in [-0.2, -0.15) is 0 Å². The van der Waals surface area contributed by atoms with E-state index in [0.717, 1.165) is 37.8 Å². The number of rotatable bonds is 11. The fraction of sp³-hybridized carbons (Fsp3) is 0.571. The van der Waals surface area contributed by atoms with Crippen LogP contribution in [0.4, 0.5) is 8.78 Å². The van der Waals surface area contributed by atoms with Gasteiger partial charge in [0.2, 0.25) is 0 Å². The zero-order chi connectivity index (χ0) is 22.1. The lowest BCUT2D eigenvalue weighted by molar-refractivity contribution is 0.143. The summed E-state index contributed by atoms with van der Waals surface area (Å²) in [7, 11) is 0. The standard InChI is InChI=1S/C28H37F2N/c1-4-24(31(21(2)3)19-14-22-8-6-5-7-9-22)12-10-23-11-13-25(27(29)15-16-27)26(20-23)28(30)17-18-28/h5-9,11,13,20-21,24H,4,10,12,14-19H2,1-3H3. The predicted octanol–water partition coefficient (Wildman–Crippen LogP) is 7.27. The molecule has 1 nitrogen and oxygen atoms in total. The smallest absolute Gasteiger partial charge is 0.136 e. The molecule has 2 aromatic carbocycles. The van der Waals surface area contributed by atoms with Crippen molar-refractivity contribution in [2.75, 3.05) is 6.54 Å². The third-order valence-electron chi connectivity index (χ3n) is 7.30. The van der Waals surface area contributed by atoms with Crippen LogP contribution < -0.4 is 0 Å². The van der Waals surface area contributed by atoms with Crippen LogP contribution in [0.25, 0.3) is 0 Å². The molecule has 3 heteroatoms. The van der Waals surface area contributed by atoms with Gasteiger partial charge in [0.05, 0.1) is 0 Å². The number of hydrogen-bond donors (Lipinski definition) is 0. The van der Waals surface area contributed by atoms with E-state index in [2.05, 4.69) is 56.0 Å². The van der Waals surface area contributed by atoms with Gasteiger partial charge in [-0.25, -0.2) is 8.78 Å². The van der Waals surface area contributed by atoms with Crippen LogP contribution in [0.5, 0.6) is 0 Å². The third-order valence-corrected chi connectivity index (χ3v) is 7.30. The van der Waals surface area contributed by atoms with Gasteiger partial charge in [-0.1, -0.05) is 55.5 Å². The number of benzene rings is 2. The van der Waals surface area contributed by atoms with Crippen molar-refractivity contribution in [2.24, 2.45) is 0 Å². The van der Waals surface area contributed by atoms with E-state index in [1.165, 1.54) is 5.56 Å². The van der Waals surface area contributed by atoms with E-state index in [9.17, 15) is 4.39 Å². The van der Waals surface area contributed by atoms with Gasteiger partial charge < -0.3 is 0 Å². The Hall–Kier alpha value is -1.74. The maximum absolute atomic E-state index is 15.0. The van der Waals surface area contributed by atoms with Gasteiger partial charge in [0.15, 0.2) is 0 Å². The Balaban J connectivity index is 1.43. The van der Waals surface area contributed by atoms with Gasteiger partial charge >= 0.3 is 0 Å². The summed E-state index contributed by atoms with van der Waals surface area (Å²) < 4.78 is 29.8. The average molecular weight is 426 g/mol. The SMILES string of the molecule is CCC(CCc1ccc(C2(F)CC2)c(C2(F)CC2)c1)N(CCc1ccccc1)C(C)C. The summed E-state index contributed by atoms with van der Waals surface area (Å²) in [5.74, 6) is 0. The number of nitrogens with zero attached hydrogens (tertiary/aromatic N) is 1. The normalized spacial score (nSPS) is 19.6. The molecule has 0 aliphatic heterocycles. The molecule has 0 saturated heterocycles. The topological polar surface area (TPSA) is 3.24 Å². The lowest BCUT2D eigenvalue weighted by atomic mass is 9.92. The first kappa shape index (κ1) is 22.5. The highest BCUT2D eigenvalue weighted by Gasteiger charge is 2.53. The number of alkyl halides is 2. The van der Waals surface area contributed by atoms with E-state index in [1.807, 2.05) is 18.2 Å². The van der Waals surface area contributed by atoms with E-state index < -0.39 is 11.3 Å². The Morgan fingerprint density at radius 1 is 0.839 bits per heavy atom. The van der Waals surface area contributed by atoms with Gasteiger partial charge in [0.1, 0.15) is 11.3 Å². The van der Waals surface area contributed by atoms with E-state index >= 15 is 4.39 Å². The van der Waals surface area contributed by atoms with Crippen LogP contribution >= 0.6 is 0 Å². The van der Waals surface area contributed by atoms with Crippen LogP contribution in [-0.2, 0) is 24.2 Å². The molecule has 2 aromatic rings. The van der Waals surface area contributed by atoms with Crippen molar-refractivity contribution < 1.29 is 8.78 Å². The Morgan fingerprint density at radius 3 is 2.06 bits per heavy atom. The zero-order valence-electron chi connectivity index (χ0n) is 19.3. The highest BCUT2D eigenvalue weighted by atomic mass is 19.1. The largest absolute Gasteiger partial charge is 0.298 e. The lowest BCUT2D eigenvalue weighted by Crippen LogP contribution is -2.41. The predicted molar refractivity (Wildman–Crippen MR) is 125 cm³/mol. The molecule has 2 aliphatic rings. The minimum absolute atomic E-state index is 0.480. The third kappa shape index (κ3) is 5.19. The molecule has 1 unspecified atom stereocenters. The second-order valence-electron chi connectivity index (χ2n) is 9.98. The quantitative estimate of drug-likeness (QED) is 0.366. The second kappa shape index (κ2) is 9.02. The number of halogens is 2. The minimum Gasteiger partial charge on any atom is -0.298 e. The molecule has 168 valence electrons. The summed E-state index contributed by atoms with van der Waals surface area (Å²) in [6, 6.07) is 17.6. The minimum atomic E-state index is -1.28. The Kier molecular flexibility index (Phi) is 6.53. The first-order valence-corrected chi connectivity index (χ1v) is 12.2. The van der Waals surface area contributed by atoms with Crippen LogP contribution in [0, 0.1) is 0 Å². The highest BCUT2D eigenvalue weighted by Crippen LogP contribution is 2.58. The maximum atomic E-state index is 15.0. The van der Waals surface area contributed by atoms with Crippen molar-refractivity contribution in [3.8, 4) is 0 Å². The van der Waals surface area contributed by atoms with Crippen LogP contribution in [0.2, 0.25) is 0 Å². The molecule has 0 aromatic heterocycles. The second-order valence-corrected chi connectivity index (χ2v) is 9.98. The number of aryl methyl sites for hydroxylation is 1. The first-order chi connectivity index (χ1) is 14.8. The summed E-state index contributed by atoms with van der Waals surface area (Å²) in [4.78, 5) is 2.61. The van der Waals surface area contributed by atoms with Gasteiger partial charge in [-0.05, 0) is 87.5 Å². The summed E-state index contributed by atoms with van der Waals surface area (Å²) >= 11 is 0. The van der Waals surface area contributed by atoms with Gasteiger partial charge in [-0.15, -0.1) is 0 Å². The molecule has 0 spiro atoms. The molecule has 0 bridgehead atoms. The lowest BCUT2D eigenvalue weighted by Gasteiger charge is -2.35. The van der Waals surface area contributed by atoms with E-state index in [4.69, 9.17) is 0 Å². The van der Waals surface area contributed by atoms with Crippen molar-refractivity contribution in [2.45, 2.75) is 95.6 Å². The van der Waals surface area contributed by atoms with Crippen LogP contribution in [0.3, 0.4) is 0 Å². The molecule has 0 radical (unpaired) electrons. The molecule has 0 amide bonds. The Bertz CT molecular complexity index is 868. The Labute approximate surface area is 186 Å². The van der Waals surface area contributed by atoms with Crippen molar-refractivity contribution in [3.63, 3.8) is 0 Å². The molecule has 2 saturated carbocycles. The zero-order valence-corrected chi connectivity index (χ0v) is 19.3. The highest BCUT2D eigenvalue weighted by molar-refractivity contribution is 5.44. The molecule has 31 heavy (non-hydrogen) atoms. The monoisotopic (exact) mass is 425 g/mol. The van der Waals surface area contributed by atoms with E-state index in [1.54, 1.807) is 0 Å². The van der Waals surface area contributed by atoms with Gasteiger partial charge in [-0.3, -0.25) is 4.90 Å². The van der Waals surface area contributed by atoms with Gasteiger partial charge in [0, 0.05) is 18.6 Å². The molecule has 0 N–H and O–H groups in total. The van der Waals surface area contributed by atoms with E-state index in [0.29, 0.717) is 48.9 Å². The summed E-state index contributed by atoms with van der Waals surface area (Å²) in [5.41, 5.74) is 1.24. The number of hydrogen-bond acceptors (Lipinski definition) is 1. The first-order valence-electron chi connectivity index (χ1n) is 12.2. The fourth-order valence-electron chi connectivity index (χ4n) is 4.97. The van der Waals surface area contributed by atoms with Crippen molar-refractivity contribution >= 4 is 0 Å². The van der Waals surface area contributed by atoms with E-state index in [-0.39, 0.29) is 0 Å². The summed E-state index contributed by atoms with van der Waals surface area (Å²) in [6.45, 7) is 7.85. The maximum Gasteiger partial charge on any atom is 0.136 e. The molecule has 0 heterocycles. The van der Waals surface area contributed by atoms with Crippen LogP contribution in [0.15, 0.2) is 48.5 Å². The molecule has 2 fully saturated rings. The van der Waals surface area contributed by atoms with Crippen molar-refractivity contribution in [1.29, 1.82) is 0 Å². The molecule has 4 rings (SSSR count). The van der Waals surface area contributed by atoms with Crippen LogP contribution in [0.1, 0.15) is 81.5 Å². The fourth-order valence-corrected chi connectivity index (χ4v) is 4.97. The Morgan fingerprint density at radius 2 is 1.48 bits per heavy atom. The molecule has 2 aliphatic carbocycles. The van der Waals surface area contributed by atoms with Crippen LogP contribution in [-0.4, -0.2) is 23.5 Å². The molecule has 1 atom stereocenters. The van der Waals surface area contributed by atoms with Gasteiger partial charge in [0.25, 0.3) is 0 Å². The summed E-state index contributed by atoms with van der Waals surface area (Å²) in [6.07, 6.45) is 6.26. The summed E-state index contributed by atoms with van der Waals surface area (Å²) in [5, 5.41) is 0. The van der Waals surface area contributed by atoms with Crippen molar-refractivity contribution in [1.82, 2.24) is 4.90 Å². The van der Waals surface area contributed by atoms with Crippen molar-refractivity contribution in [3.05, 3.63) is 70.8 Å². The average Bonchev–Trinajstić information content (AvgIpc) is 3.70. The molecular formula is C28H37F2N.